The van der Waals surface area contributed by atoms with Gasteiger partial charge in [-0.15, -0.1) is 113 Å². The van der Waals surface area contributed by atoms with E-state index in [0.717, 1.165) is 83.8 Å². The highest BCUT2D eigenvalue weighted by atomic mass is 32.2. The van der Waals surface area contributed by atoms with Gasteiger partial charge in [0, 0.05) is 132 Å². The van der Waals surface area contributed by atoms with Gasteiger partial charge in [0.05, 0.1) is 9.81 Å². The quantitative estimate of drug-likeness (QED) is 0.0215. The molecule has 2 unspecified atom stereocenters. The van der Waals surface area contributed by atoms with Gasteiger partial charge >= 0.3 is 0 Å². The summed E-state index contributed by atoms with van der Waals surface area (Å²) in [5.41, 5.74) is 12.1. The number of unbranched alkanes of at least 4 members (excludes halogenated alkanes) is 26. The first-order chi connectivity index (χ1) is 64.6. The SMILES string of the molecule is CCCCCCc1cc(-c2c3cc(-c4cc(CCCCCC)c(-c5cc(CCCCCC)c(-c6ccc(/C=C7/SC(=S)N(CCCCCC)C7=O)s6)s5)s4)sc3c(-c3cc(CCCCCC)c(CC(CC)CCCC)s3)c3cc(-c4cc(CCCCCC)c(-c5cc(CCCCCC)c(-c6ccc(/C=C7\SC(=S)N(CCCCCC)C7=O)s6)s5)s4)sc23)sc1CC(CC)CCCC. The molecule has 2 aliphatic rings. The Morgan fingerprint density at radius 1 is 0.288 bits per heavy atom. The summed E-state index contributed by atoms with van der Waals surface area (Å²) in [6.45, 7) is 29.7. The van der Waals surface area contributed by atoms with E-state index >= 15 is 0 Å². The smallest absolute Gasteiger partial charge is 0.266 e. The average molecular weight is 2030 g/mol. The lowest BCUT2D eigenvalue weighted by molar-refractivity contribution is -0.123. The summed E-state index contributed by atoms with van der Waals surface area (Å²) < 4.78 is 4.32. The van der Waals surface area contributed by atoms with E-state index in [9.17, 15) is 9.59 Å². The Labute approximate surface area is 855 Å². The van der Waals surface area contributed by atoms with Crippen LogP contribution < -0.4 is 0 Å². The van der Waals surface area contributed by atoms with Crippen molar-refractivity contribution in [2.75, 3.05) is 13.1 Å². The van der Waals surface area contributed by atoms with Crippen LogP contribution in [0.15, 0.2) is 82.6 Å². The summed E-state index contributed by atoms with van der Waals surface area (Å²) in [6.07, 6.45) is 61.8. The monoisotopic (exact) mass is 2030 g/mol. The third-order valence-corrected chi connectivity index (χ3v) is 42.6. The van der Waals surface area contributed by atoms with Crippen LogP contribution in [0.5, 0.6) is 0 Å². The maximum absolute atomic E-state index is 14.0. The molecule has 714 valence electrons. The number of thiocarbonyl (C=S) groups is 2. The largest absolute Gasteiger partial charge is 0.293 e. The minimum atomic E-state index is 0.0659. The number of carbonyl (C=O) groups excluding carboxylic acids is 2. The van der Waals surface area contributed by atoms with Crippen LogP contribution in [0, 0.1) is 11.8 Å². The number of rotatable bonds is 62. The van der Waals surface area contributed by atoms with Gasteiger partial charge in [0.2, 0.25) is 0 Å². The molecule has 12 heterocycles. The van der Waals surface area contributed by atoms with Gasteiger partial charge in [-0.2, -0.15) is 0 Å². The fourth-order valence-electron chi connectivity index (χ4n) is 19.2. The van der Waals surface area contributed by atoms with E-state index in [2.05, 4.69) is 236 Å². The lowest BCUT2D eigenvalue weighted by Crippen LogP contribution is -2.28. The Hall–Kier alpha value is -3.96. The third kappa shape index (κ3) is 27.8. The molecule has 1 aromatic carbocycles. The number of carbonyl (C=O) groups is 2. The van der Waals surface area contributed by atoms with Crippen molar-refractivity contribution < 1.29 is 9.59 Å². The van der Waals surface area contributed by atoms with Gasteiger partial charge in [-0.25, -0.2) is 0 Å². The summed E-state index contributed by atoms with van der Waals surface area (Å²) in [4.78, 5) is 58.5. The molecule has 132 heavy (non-hydrogen) atoms. The third-order valence-electron chi connectivity index (χ3n) is 27.2. The second-order valence-corrected chi connectivity index (χ2v) is 51.9. The minimum absolute atomic E-state index is 0.0659. The number of thioether (sulfide) groups is 2. The summed E-state index contributed by atoms with van der Waals surface area (Å²) in [5, 5.41) is 2.90. The molecule has 0 saturated carbocycles. The zero-order chi connectivity index (χ0) is 92.8. The number of amides is 2. The predicted molar refractivity (Wildman–Crippen MR) is 613 cm³/mol. The molecule has 0 spiro atoms. The summed E-state index contributed by atoms with van der Waals surface area (Å²) >= 11 is 35.2. The van der Waals surface area contributed by atoms with Crippen molar-refractivity contribution >= 4 is 214 Å². The average Bonchev–Trinajstić information content (AvgIpc) is 1.56. The van der Waals surface area contributed by atoms with Crippen molar-refractivity contribution in [2.24, 2.45) is 11.8 Å². The van der Waals surface area contributed by atoms with E-state index in [1.54, 1.807) is 20.9 Å². The molecule has 2 atom stereocenters. The Bertz CT molecular complexity index is 5170. The second kappa shape index (κ2) is 54.7. The van der Waals surface area contributed by atoms with Gasteiger partial charge in [-0.1, -0.05) is 337 Å². The van der Waals surface area contributed by atoms with Gasteiger partial charge in [0.25, 0.3) is 11.8 Å². The predicted octanol–water partition coefficient (Wildman–Crippen LogP) is 41.8. The van der Waals surface area contributed by atoms with Gasteiger partial charge in [0.1, 0.15) is 8.64 Å². The first-order valence-corrected chi connectivity index (χ1v) is 62.7. The second-order valence-electron chi connectivity index (χ2n) is 37.7. The molecule has 10 aromatic heterocycles. The molecular formula is C114H152N2O2S14. The van der Waals surface area contributed by atoms with Gasteiger partial charge < -0.3 is 0 Å². The number of hydrogen-bond acceptors (Lipinski definition) is 16. The van der Waals surface area contributed by atoms with Crippen LogP contribution >= 0.6 is 161 Å². The van der Waals surface area contributed by atoms with E-state index in [0.29, 0.717) is 33.6 Å². The molecule has 0 N–H and O–H groups in total. The van der Waals surface area contributed by atoms with Crippen LogP contribution in [-0.2, 0) is 61.0 Å². The number of thiophene rings is 10. The Morgan fingerprint density at radius 2 is 0.576 bits per heavy atom. The highest BCUT2D eigenvalue weighted by molar-refractivity contribution is 8.27. The van der Waals surface area contributed by atoms with Gasteiger partial charge in [-0.3, -0.25) is 19.4 Å². The molecule has 11 aromatic rings. The molecule has 18 heteroatoms. The van der Waals surface area contributed by atoms with Gasteiger partial charge in [0.15, 0.2) is 0 Å². The molecule has 2 aliphatic heterocycles. The Kier molecular flexibility index (Phi) is 43.7. The summed E-state index contributed by atoms with van der Waals surface area (Å²) in [6, 6.07) is 30.9. The maximum atomic E-state index is 14.0. The van der Waals surface area contributed by atoms with E-state index in [1.807, 2.05) is 55.1 Å². The van der Waals surface area contributed by atoms with E-state index in [-0.39, 0.29) is 11.8 Å². The highest BCUT2D eigenvalue weighted by Crippen LogP contribution is 2.59. The van der Waals surface area contributed by atoms with Crippen LogP contribution in [0.2, 0.25) is 0 Å². The lowest BCUT2D eigenvalue weighted by atomic mass is 9.92. The van der Waals surface area contributed by atoms with Crippen LogP contribution in [0.1, 0.15) is 393 Å². The van der Waals surface area contributed by atoms with Crippen molar-refractivity contribution in [3.05, 3.63) is 135 Å². The van der Waals surface area contributed by atoms with Crippen LogP contribution in [0.3, 0.4) is 0 Å². The van der Waals surface area contributed by atoms with E-state index in [4.69, 9.17) is 24.4 Å². The van der Waals surface area contributed by atoms with Crippen molar-refractivity contribution in [3.63, 3.8) is 0 Å². The van der Waals surface area contributed by atoms with Crippen molar-refractivity contribution in [1.82, 2.24) is 9.80 Å². The zero-order valence-electron chi connectivity index (χ0n) is 82.0. The fraction of sp³-hybridized carbons (Fsp3) is 0.561. The number of aryl methyl sites for hydroxylation is 6. The van der Waals surface area contributed by atoms with E-state index in [1.165, 1.54) is 389 Å². The van der Waals surface area contributed by atoms with Crippen LogP contribution in [-0.4, -0.2) is 43.3 Å². The first kappa shape index (κ1) is 105. The Morgan fingerprint density at radius 3 is 0.902 bits per heavy atom. The van der Waals surface area contributed by atoms with Crippen molar-refractivity contribution in [2.45, 2.75) is 391 Å². The van der Waals surface area contributed by atoms with E-state index < -0.39 is 0 Å². The zero-order valence-corrected chi connectivity index (χ0v) is 93.5. The number of nitrogens with zero attached hydrogens (tertiary/aromatic N) is 2. The molecule has 2 fully saturated rings. The standard InChI is InChI=1S/C114H152N2O2S14/c1-13-25-35-43-53-79-67-97(123-91(79)65-77(23-11)51-33-21-9)103-87-75-95(93-69-81(55-45-37-27-15-3)107(125-93)99-71-83(57-47-39-29-17-5)105(129-99)89-61-59-85(121-89)73-101-111(117)115(113(119)131-101)63-49-41-31-19-7)128-110(87)104(98-68-80(54-44-36-26-14-2)92(124-98)66-78(24-12)52-34-22-10)88-76-96(127-109(88)103)94-70-82(56-46-38-28-16-4)108(126-94)100-72-84(58-48-40-30-18-6)106(130-100)90-62-60-86(122-90)74-102-112(118)116(114(120)132-102)64-50-42-32-20-8/h59-62,67-78H,13-58,63-66H2,1-12H3/b101-73-,102-74+. The van der Waals surface area contributed by atoms with Gasteiger partial charge in [-0.05, 0) is 233 Å². The normalized spacial score (nSPS) is 14.5. The number of hydrogen-bond donors (Lipinski definition) is 0. The summed E-state index contributed by atoms with van der Waals surface area (Å²) in [5.74, 6) is 1.47. The number of fused-ring (bicyclic) bond motifs is 2. The van der Waals surface area contributed by atoms with Crippen molar-refractivity contribution in [3.8, 4) is 79.4 Å². The number of benzene rings is 1. The molecule has 2 amide bonds. The Balaban J connectivity index is 1.02. The maximum Gasteiger partial charge on any atom is 0.266 e. The topological polar surface area (TPSA) is 40.6 Å². The molecule has 0 radical (unpaired) electrons. The fourth-order valence-corrected chi connectivity index (χ4v) is 34.8. The molecule has 0 aliphatic carbocycles. The molecular weight excluding hydrogens is 1880 g/mol. The minimum Gasteiger partial charge on any atom is -0.293 e. The lowest BCUT2D eigenvalue weighted by Gasteiger charge is -2.14. The molecule has 13 rings (SSSR count). The molecule has 4 nitrogen and oxygen atoms in total. The van der Waals surface area contributed by atoms with Crippen LogP contribution in [0.25, 0.3) is 112 Å². The first-order valence-electron chi connectivity index (χ1n) is 52.1. The molecule has 0 bridgehead atoms. The summed E-state index contributed by atoms with van der Waals surface area (Å²) in [7, 11) is 0. The van der Waals surface area contributed by atoms with Crippen molar-refractivity contribution in [1.29, 1.82) is 0 Å². The highest BCUT2D eigenvalue weighted by Gasteiger charge is 2.35. The molecule has 2 saturated heterocycles. The van der Waals surface area contributed by atoms with Crippen LogP contribution in [0.4, 0.5) is 0 Å².